The third-order valence-electron chi connectivity index (χ3n) is 2.86. The number of Topliss-reactive ketones (excluding diaryl/α,β-unsaturated/α-hetero) is 1. The molecule has 2 unspecified atom stereocenters. The smallest absolute Gasteiger partial charge is 0.184 e. The van der Waals surface area contributed by atoms with Gasteiger partial charge in [0, 0.05) is 12.8 Å². The van der Waals surface area contributed by atoms with Crippen LogP contribution in [0.5, 0.6) is 0 Å². The Morgan fingerprint density at radius 1 is 1.42 bits per heavy atom. The maximum atomic E-state index is 12.2. The van der Waals surface area contributed by atoms with Gasteiger partial charge in [0.25, 0.3) is 0 Å². The van der Waals surface area contributed by atoms with Crippen molar-refractivity contribution in [3.8, 4) is 6.07 Å². The van der Waals surface area contributed by atoms with Gasteiger partial charge in [-0.05, 0) is 31.4 Å². The van der Waals surface area contributed by atoms with E-state index in [-0.39, 0.29) is 5.78 Å². The van der Waals surface area contributed by atoms with Crippen molar-refractivity contribution >= 4 is 5.78 Å². The molecule has 1 aromatic heterocycles. The zero-order valence-corrected chi connectivity index (χ0v) is 11.7. The van der Waals surface area contributed by atoms with E-state index in [1.165, 1.54) is 0 Å². The minimum atomic E-state index is -0.852. The number of aromatic nitrogens is 1. The summed E-state index contributed by atoms with van der Waals surface area (Å²) in [6, 6.07) is 7.22. The van der Waals surface area contributed by atoms with Gasteiger partial charge in [0.1, 0.15) is 12.0 Å². The molecular formula is C15H20N2O2. The quantitative estimate of drug-likeness (QED) is 0.756. The highest BCUT2D eigenvalue weighted by Crippen LogP contribution is 2.16. The van der Waals surface area contributed by atoms with Gasteiger partial charge in [-0.1, -0.05) is 19.9 Å². The van der Waals surface area contributed by atoms with Gasteiger partial charge in [-0.3, -0.25) is 9.78 Å². The minimum absolute atomic E-state index is 0.232. The van der Waals surface area contributed by atoms with Crippen LogP contribution in [0.15, 0.2) is 24.4 Å². The predicted octanol–water partition coefficient (Wildman–Crippen LogP) is 2.71. The molecule has 0 N–H and O–H groups in total. The number of pyridine rings is 1. The van der Waals surface area contributed by atoms with E-state index in [4.69, 9.17) is 10.00 Å². The van der Waals surface area contributed by atoms with Crippen molar-refractivity contribution in [2.24, 2.45) is 5.92 Å². The largest absolute Gasteiger partial charge is 0.371 e. The van der Waals surface area contributed by atoms with E-state index in [1.54, 1.807) is 31.3 Å². The van der Waals surface area contributed by atoms with E-state index < -0.39 is 12.0 Å². The van der Waals surface area contributed by atoms with Gasteiger partial charge >= 0.3 is 0 Å². The summed E-state index contributed by atoms with van der Waals surface area (Å²) in [6.07, 6.45) is 1.90. The molecule has 0 aliphatic carbocycles. The Bertz CT molecular complexity index is 437. The molecule has 4 heteroatoms. The summed E-state index contributed by atoms with van der Waals surface area (Å²) in [5.41, 5.74) is 0.481. The van der Waals surface area contributed by atoms with E-state index >= 15 is 0 Å². The fourth-order valence-electron chi connectivity index (χ4n) is 1.62. The van der Waals surface area contributed by atoms with E-state index in [2.05, 4.69) is 18.8 Å². The van der Waals surface area contributed by atoms with Crippen LogP contribution in [0.3, 0.4) is 0 Å². The maximum Gasteiger partial charge on any atom is 0.184 e. The highest BCUT2D eigenvalue weighted by Gasteiger charge is 2.26. The number of ether oxygens (including phenoxy) is 1. The van der Waals surface area contributed by atoms with Crippen LogP contribution in [0.4, 0.5) is 0 Å². The molecule has 2 atom stereocenters. The fraction of sp³-hybridized carbons (Fsp3) is 0.533. The average Bonchev–Trinajstić information content (AvgIpc) is 2.40. The second-order valence-electron chi connectivity index (χ2n) is 4.91. The van der Waals surface area contributed by atoms with E-state index in [0.29, 0.717) is 18.2 Å². The molecule has 19 heavy (non-hydrogen) atoms. The molecule has 1 rings (SSSR count). The van der Waals surface area contributed by atoms with Crippen LogP contribution >= 0.6 is 0 Å². The molecule has 0 aliphatic heterocycles. The lowest BCUT2D eigenvalue weighted by molar-refractivity contribution is -0.130. The Kier molecular flexibility index (Phi) is 6.17. The van der Waals surface area contributed by atoms with Gasteiger partial charge in [-0.15, -0.1) is 0 Å². The summed E-state index contributed by atoms with van der Waals surface area (Å²) in [4.78, 5) is 16.2. The normalized spacial score (nSPS) is 13.8. The second kappa shape index (κ2) is 7.65. The molecule has 0 spiro atoms. The summed E-state index contributed by atoms with van der Waals surface area (Å²) >= 11 is 0. The first-order valence-electron chi connectivity index (χ1n) is 6.52. The Morgan fingerprint density at radius 2 is 2.16 bits per heavy atom. The first kappa shape index (κ1) is 15.3. The lowest BCUT2D eigenvalue weighted by Gasteiger charge is -2.15. The highest BCUT2D eigenvalue weighted by molar-refractivity contribution is 5.91. The molecular weight excluding hydrogens is 240 g/mol. The van der Waals surface area contributed by atoms with E-state index in [9.17, 15) is 4.79 Å². The molecule has 0 bridgehead atoms. The first-order chi connectivity index (χ1) is 9.06. The number of nitrogens with zero attached hydrogens (tertiary/aromatic N) is 2. The first-order valence-corrected chi connectivity index (χ1v) is 6.52. The van der Waals surface area contributed by atoms with Crippen molar-refractivity contribution < 1.29 is 9.53 Å². The zero-order chi connectivity index (χ0) is 14.3. The molecule has 1 heterocycles. The summed E-state index contributed by atoms with van der Waals surface area (Å²) in [5.74, 6) is -0.551. The summed E-state index contributed by atoms with van der Waals surface area (Å²) in [6.45, 7) is 6.42. The number of carbonyl (C=O) groups is 1. The fourth-order valence-corrected chi connectivity index (χ4v) is 1.62. The van der Waals surface area contributed by atoms with Crippen LogP contribution in [0.25, 0.3) is 0 Å². The number of hydrogen-bond donors (Lipinski definition) is 0. The topological polar surface area (TPSA) is 63.0 Å². The van der Waals surface area contributed by atoms with Crippen molar-refractivity contribution in [2.75, 3.05) is 6.61 Å². The van der Waals surface area contributed by atoms with Crippen molar-refractivity contribution in [3.05, 3.63) is 30.1 Å². The molecule has 0 amide bonds. The Morgan fingerprint density at radius 3 is 2.68 bits per heavy atom. The van der Waals surface area contributed by atoms with Crippen molar-refractivity contribution in [2.45, 2.75) is 39.2 Å². The third-order valence-corrected chi connectivity index (χ3v) is 2.86. The monoisotopic (exact) mass is 260 g/mol. The maximum absolute atomic E-state index is 12.2. The number of rotatable bonds is 7. The predicted molar refractivity (Wildman–Crippen MR) is 72.5 cm³/mol. The Balaban J connectivity index is 2.62. The molecule has 0 saturated carbocycles. The molecule has 1 aromatic rings. The van der Waals surface area contributed by atoms with Gasteiger partial charge in [-0.25, -0.2) is 0 Å². The van der Waals surface area contributed by atoms with Crippen molar-refractivity contribution in [1.82, 2.24) is 4.98 Å². The standard InChI is InChI=1S/C15H20N2O2/c1-11(2)7-9-19-12(3)15(18)13(10-16)14-6-4-5-8-17-14/h4-6,8,11-13H,7,9H2,1-3H3. The van der Waals surface area contributed by atoms with Crippen molar-refractivity contribution in [3.63, 3.8) is 0 Å². The summed E-state index contributed by atoms with van der Waals surface area (Å²) in [5, 5.41) is 9.15. The number of nitriles is 1. The summed E-state index contributed by atoms with van der Waals surface area (Å²) in [7, 11) is 0. The van der Waals surface area contributed by atoms with Gasteiger partial charge in [-0.2, -0.15) is 5.26 Å². The lowest BCUT2D eigenvalue weighted by Crippen LogP contribution is -2.27. The average molecular weight is 260 g/mol. The molecule has 4 nitrogen and oxygen atoms in total. The lowest BCUT2D eigenvalue weighted by atomic mass is 9.98. The van der Waals surface area contributed by atoms with E-state index in [1.807, 2.05) is 6.07 Å². The number of hydrogen-bond acceptors (Lipinski definition) is 4. The SMILES string of the molecule is CC(C)CCOC(C)C(=O)C(C#N)c1ccccn1. The second-order valence-corrected chi connectivity index (χ2v) is 4.91. The Labute approximate surface area is 114 Å². The molecule has 0 aromatic carbocycles. The molecule has 102 valence electrons. The van der Waals surface area contributed by atoms with Crippen molar-refractivity contribution in [1.29, 1.82) is 5.26 Å². The van der Waals surface area contributed by atoms with Gasteiger partial charge in [0.05, 0.1) is 11.8 Å². The van der Waals surface area contributed by atoms with Gasteiger partial charge < -0.3 is 4.74 Å². The summed E-state index contributed by atoms with van der Waals surface area (Å²) < 4.78 is 5.49. The molecule has 0 fully saturated rings. The van der Waals surface area contributed by atoms with Crippen LogP contribution in [-0.2, 0) is 9.53 Å². The van der Waals surface area contributed by atoms with Crippen LogP contribution in [0.2, 0.25) is 0 Å². The zero-order valence-electron chi connectivity index (χ0n) is 11.7. The highest BCUT2D eigenvalue weighted by atomic mass is 16.5. The van der Waals surface area contributed by atoms with Crippen LogP contribution in [0.1, 0.15) is 38.8 Å². The molecule has 0 radical (unpaired) electrons. The molecule has 0 saturated heterocycles. The van der Waals surface area contributed by atoms with Gasteiger partial charge in [0.15, 0.2) is 5.78 Å². The van der Waals surface area contributed by atoms with Crippen LogP contribution in [0, 0.1) is 17.2 Å². The number of carbonyl (C=O) groups excluding carboxylic acids is 1. The Hall–Kier alpha value is -1.73. The minimum Gasteiger partial charge on any atom is -0.371 e. The van der Waals surface area contributed by atoms with E-state index in [0.717, 1.165) is 6.42 Å². The molecule has 0 aliphatic rings. The number of ketones is 1. The van der Waals surface area contributed by atoms with Gasteiger partial charge in [0.2, 0.25) is 0 Å². The van der Waals surface area contributed by atoms with Crippen LogP contribution < -0.4 is 0 Å². The third kappa shape index (κ3) is 4.80. The van der Waals surface area contributed by atoms with Crippen LogP contribution in [-0.4, -0.2) is 23.5 Å².